The van der Waals surface area contributed by atoms with Gasteiger partial charge in [-0.05, 0) is 43.5 Å². The fourth-order valence-corrected chi connectivity index (χ4v) is 2.58. The Labute approximate surface area is 112 Å². The van der Waals surface area contributed by atoms with Crippen LogP contribution in [0.4, 0.5) is 14.9 Å². The molecule has 5 heteroatoms. The molecule has 2 rings (SSSR count). The Balaban J connectivity index is 1.90. The molecule has 1 saturated carbocycles. The summed E-state index contributed by atoms with van der Waals surface area (Å²) in [6.45, 7) is 0.588. The van der Waals surface area contributed by atoms with E-state index in [9.17, 15) is 9.18 Å². The lowest BCUT2D eigenvalue weighted by Crippen LogP contribution is -2.46. The van der Waals surface area contributed by atoms with Crippen molar-refractivity contribution in [1.82, 2.24) is 5.32 Å². The first kappa shape index (κ1) is 13.8. The highest BCUT2D eigenvalue weighted by Gasteiger charge is 2.25. The zero-order valence-corrected chi connectivity index (χ0v) is 10.9. The molecule has 0 heterocycles. The zero-order chi connectivity index (χ0) is 13.7. The molecule has 1 aromatic rings. The van der Waals surface area contributed by atoms with Gasteiger partial charge in [-0.25, -0.2) is 9.18 Å². The van der Waals surface area contributed by atoms with Gasteiger partial charge >= 0.3 is 6.03 Å². The van der Waals surface area contributed by atoms with E-state index in [1.165, 1.54) is 18.6 Å². The van der Waals surface area contributed by atoms with Crippen molar-refractivity contribution < 1.29 is 9.18 Å². The number of hydrogen-bond acceptors (Lipinski definition) is 2. The number of amides is 2. The van der Waals surface area contributed by atoms with Crippen molar-refractivity contribution in [3.8, 4) is 0 Å². The molecule has 0 spiro atoms. The SMILES string of the molecule is NCC1CCCCC1NC(=O)Nc1cccc(F)c1. The molecule has 1 aliphatic carbocycles. The molecule has 2 atom stereocenters. The quantitative estimate of drug-likeness (QED) is 0.786. The monoisotopic (exact) mass is 265 g/mol. The summed E-state index contributed by atoms with van der Waals surface area (Å²) in [5.74, 6) is -0.0256. The summed E-state index contributed by atoms with van der Waals surface area (Å²) in [5, 5.41) is 5.58. The van der Waals surface area contributed by atoms with Gasteiger partial charge in [0.15, 0.2) is 0 Å². The van der Waals surface area contributed by atoms with Gasteiger partial charge < -0.3 is 16.4 Å². The van der Waals surface area contributed by atoms with Crippen LogP contribution >= 0.6 is 0 Å². The molecule has 0 radical (unpaired) electrons. The van der Waals surface area contributed by atoms with E-state index in [4.69, 9.17) is 5.73 Å². The molecular formula is C14H20FN3O. The maximum absolute atomic E-state index is 13.0. The summed E-state index contributed by atoms with van der Waals surface area (Å²) in [4.78, 5) is 11.9. The van der Waals surface area contributed by atoms with E-state index < -0.39 is 0 Å². The fourth-order valence-electron chi connectivity index (χ4n) is 2.58. The number of urea groups is 1. The third-order valence-electron chi connectivity index (χ3n) is 3.61. The Morgan fingerprint density at radius 2 is 2.16 bits per heavy atom. The van der Waals surface area contributed by atoms with Gasteiger partial charge in [0, 0.05) is 11.7 Å². The van der Waals surface area contributed by atoms with Crippen LogP contribution in [0.5, 0.6) is 0 Å². The van der Waals surface area contributed by atoms with Crippen molar-refractivity contribution in [1.29, 1.82) is 0 Å². The predicted octanol–water partition coefficient (Wildman–Crippen LogP) is 2.46. The van der Waals surface area contributed by atoms with Crippen LogP contribution in [0.15, 0.2) is 24.3 Å². The summed E-state index contributed by atoms with van der Waals surface area (Å²) >= 11 is 0. The highest BCUT2D eigenvalue weighted by Crippen LogP contribution is 2.23. The number of nitrogens with one attached hydrogen (secondary N) is 2. The summed E-state index contributed by atoms with van der Waals surface area (Å²) in [6, 6.07) is 5.68. The van der Waals surface area contributed by atoms with Crippen LogP contribution in [0.25, 0.3) is 0 Å². The maximum atomic E-state index is 13.0. The van der Waals surface area contributed by atoms with Crippen molar-refractivity contribution in [3.63, 3.8) is 0 Å². The van der Waals surface area contributed by atoms with Gasteiger partial charge in [0.25, 0.3) is 0 Å². The molecule has 1 fully saturated rings. The molecule has 1 aromatic carbocycles. The van der Waals surface area contributed by atoms with Gasteiger partial charge in [0.1, 0.15) is 5.82 Å². The lowest BCUT2D eigenvalue weighted by atomic mass is 9.84. The molecule has 0 saturated heterocycles. The molecule has 4 N–H and O–H groups in total. The Morgan fingerprint density at radius 3 is 2.89 bits per heavy atom. The topological polar surface area (TPSA) is 67.1 Å². The highest BCUT2D eigenvalue weighted by atomic mass is 19.1. The average molecular weight is 265 g/mol. The maximum Gasteiger partial charge on any atom is 0.319 e. The Kier molecular flexibility index (Phi) is 4.74. The van der Waals surface area contributed by atoms with E-state index in [-0.39, 0.29) is 17.9 Å². The van der Waals surface area contributed by atoms with E-state index in [1.807, 2.05) is 0 Å². The fraction of sp³-hybridized carbons (Fsp3) is 0.500. The summed E-state index contributed by atoms with van der Waals surface area (Å²) in [7, 11) is 0. The number of nitrogens with two attached hydrogens (primary N) is 1. The minimum absolute atomic E-state index is 0.118. The van der Waals surface area contributed by atoms with E-state index in [0.717, 1.165) is 19.3 Å². The average Bonchev–Trinajstić information content (AvgIpc) is 2.39. The van der Waals surface area contributed by atoms with Crippen LogP contribution < -0.4 is 16.4 Å². The normalized spacial score (nSPS) is 22.8. The third kappa shape index (κ3) is 3.92. The second-order valence-corrected chi connectivity index (χ2v) is 5.00. The van der Waals surface area contributed by atoms with Gasteiger partial charge in [0.05, 0.1) is 0 Å². The minimum atomic E-state index is -0.365. The van der Waals surface area contributed by atoms with Gasteiger partial charge in [-0.3, -0.25) is 0 Å². The second kappa shape index (κ2) is 6.52. The van der Waals surface area contributed by atoms with Crippen LogP contribution in [0.2, 0.25) is 0 Å². The molecule has 0 bridgehead atoms. The van der Waals surface area contributed by atoms with Crippen LogP contribution in [0.3, 0.4) is 0 Å². The molecule has 0 aromatic heterocycles. The summed E-state index contributed by atoms with van der Waals surface area (Å²) < 4.78 is 13.0. The van der Waals surface area contributed by atoms with E-state index in [0.29, 0.717) is 18.2 Å². The van der Waals surface area contributed by atoms with Gasteiger partial charge in [-0.15, -0.1) is 0 Å². The standard InChI is InChI=1S/C14H20FN3O/c15-11-5-3-6-12(8-11)17-14(19)18-13-7-2-1-4-10(13)9-16/h3,5-6,8,10,13H,1-2,4,7,9,16H2,(H2,17,18,19). The van der Waals surface area contributed by atoms with Crippen molar-refractivity contribution >= 4 is 11.7 Å². The lowest BCUT2D eigenvalue weighted by Gasteiger charge is -2.31. The summed E-state index contributed by atoms with van der Waals surface area (Å²) in [5.41, 5.74) is 6.18. The van der Waals surface area contributed by atoms with Crippen LogP contribution in [-0.2, 0) is 0 Å². The Bertz CT molecular complexity index is 438. The van der Waals surface area contributed by atoms with Gasteiger partial charge in [0.2, 0.25) is 0 Å². The molecule has 0 aliphatic heterocycles. The first-order chi connectivity index (χ1) is 9.19. The van der Waals surface area contributed by atoms with E-state index in [2.05, 4.69) is 10.6 Å². The summed E-state index contributed by atoms with van der Waals surface area (Å²) in [6.07, 6.45) is 4.30. The highest BCUT2D eigenvalue weighted by molar-refractivity contribution is 5.89. The molecule has 1 aliphatic rings. The first-order valence-electron chi connectivity index (χ1n) is 6.72. The van der Waals surface area contributed by atoms with Gasteiger partial charge in [-0.2, -0.15) is 0 Å². The Morgan fingerprint density at radius 1 is 1.37 bits per heavy atom. The molecule has 19 heavy (non-hydrogen) atoms. The number of anilines is 1. The number of benzene rings is 1. The van der Waals surface area contributed by atoms with Crippen LogP contribution in [-0.4, -0.2) is 18.6 Å². The second-order valence-electron chi connectivity index (χ2n) is 5.00. The largest absolute Gasteiger partial charge is 0.335 e. The Hall–Kier alpha value is -1.62. The van der Waals surface area contributed by atoms with Crippen molar-refractivity contribution in [2.45, 2.75) is 31.7 Å². The third-order valence-corrected chi connectivity index (χ3v) is 3.61. The minimum Gasteiger partial charge on any atom is -0.335 e. The molecule has 4 nitrogen and oxygen atoms in total. The number of rotatable bonds is 3. The predicted molar refractivity (Wildman–Crippen MR) is 73.4 cm³/mol. The number of carbonyl (C=O) groups is 1. The van der Waals surface area contributed by atoms with Crippen molar-refractivity contribution in [2.75, 3.05) is 11.9 Å². The van der Waals surface area contributed by atoms with E-state index in [1.54, 1.807) is 12.1 Å². The number of halogens is 1. The lowest BCUT2D eigenvalue weighted by molar-refractivity contribution is 0.229. The van der Waals surface area contributed by atoms with Crippen LogP contribution in [0, 0.1) is 11.7 Å². The zero-order valence-electron chi connectivity index (χ0n) is 10.9. The first-order valence-corrected chi connectivity index (χ1v) is 6.72. The van der Waals surface area contributed by atoms with E-state index >= 15 is 0 Å². The molecule has 2 unspecified atom stereocenters. The van der Waals surface area contributed by atoms with Crippen molar-refractivity contribution in [3.05, 3.63) is 30.1 Å². The number of carbonyl (C=O) groups excluding carboxylic acids is 1. The molecule has 2 amide bonds. The smallest absolute Gasteiger partial charge is 0.319 e. The van der Waals surface area contributed by atoms with Crippen LogP contribution in [0.1, 0.15) is 25.7 Å². The molecular weight excluding hydrogens is 245 g/mol. The number of hydrogen-bond donors (Lipinski definition) is 3. The molecule has 104 valence electrons. The van der Waals surface area contributed by atoms with Gasteiger partial charge in [-0.1, -0.05) is 18.9 Å². The van der Waals surface area contributed by atoms with Crippen molar-refractivity contribution in [2.24, 2.45) is 11.7 Å².